The van der Waals surface area contributed by atoms with Gasteiger partial charge >= 0.3 is 0 Å². The van der Waals surface area contributed by atoms with Crippen molar-refractivity contribution in [2.75, 3.05) is 6.61 Å². The second-order valence-electron chi connectivity index (χ2n) is 8.14. The second kappa shape index (κ2) is 8.10. The van der Waals surface area contributed by atoms with E-state index in [2.05, 4.69) is 34.3 Å². The molecule has 2 nitrogen and oxygen atoms in total. The molecule has 1 N–H and O–H groups in total. The Hall–Kier alpha value is -0.890. The molecular formula is C20H34O2. The standard InChI is InChI=1S/C20H34O2/c1-6-20(5)15-17(7-8-18(20)9-11-21)14-19(4,10-12-22)13-16(2)3/h6,9,11,16-17,22H,1,7-8,10,12-15H2,2-5H3/b18-9-. The molecule has 0 saturated heterocycles. The molecule has 0 aromatic carbocycles. The van der Waals surface area contributed by atoms with Gasteiger partial charge in [-0.2, -0.15) is 0 Å². The zero-order chi connectivity index (χ0) is 16.8. The number of hydrogen-bond acceptors (Lipinski definition) is 2. The molecule has 0 aromatic rings. The predicted octanol–water partition coefficient (Wildman–Crippen LogP) is 4.93. The molecule has 0 radical (unpaired) electrons. The van der Waals surface area contributed by atoms with Crippen molar-refractivity contribution in [1.82, 2.24) is 0 Å². The van der Waals surface area contributed by atoms with E-state index in [9.17, 15) is 9.90 Å². The molecule has 1 saturated carbocycles. The highest BCUT2D eigenvalue weighted by Crippen LogP contribution is 2.48. The lowest BCUT2D eigenvalue weighted by atomic mass is 9.62. The molecule has 3 unspecified atom stereocenters. The van der Waals surface area contributed by atoms with Crippen LogP contribution >= 0.6 is 0 Å². The van der Waals surface area contributed by atoms with Crippen molar-refractivity contribution in [2.24, 2.45) is 22.7 Å². The van der Waals surface area contributed by atoms with Gasteiger partial charge in [0.2, 0.25) is 0 Å². The molecular weight excluding hydrogens is 272 g/mol. The van der Waals surface area contributed by atoms with E-state index < -0.39 is 0 Å². The molecule has 2 heteroatoms. The van der Waals surface area contributed by atoms with Gasteiger partial charge in [-0.15, -0.1) is 6.58 Å². The van der Waals surface area contributed by atoms with Crippen molar-refractivity contribution in [1.29, 1.82) is 0 Å². The zero-order valence-corrected chi connectivity index (χ0v) is 14.9. The molecule has 0 aliphatic heterocycles. The number of carbonyl (C=O) groups excluding carboxylic acids is 1. The predicted molar refractivity (Wildman–Crippen MR) is 93.7 cm³/mol. The van der Waals surface area contributed by atoms with Crippen LogP contribution in [-0.4, -0.2) is 18.0 Å². The molecule has 0 heterocycles. The molecule has 3 atom stereocenters. The molecule has 22 heavy (non-hydrogen) atoms. The lowest BCUT2D eigenvalue weighted by molar-refractivity contribution is -0.104. The quantitative estimate of drug-likeness (QED) is 0.392. The molecule has 1 rings (SSSR count). The summed E-state index contributed by atoms with van der Waals surface area (Å²) in [6.07, 6.45) is 11.0. The Morgan fingerprint density at radius 3 is 2.68 bits per heavy atom. The third-order valence-electron chi connectivity index (χ3n) is 5.39. The summed E-state index contributed by atoms with van der Waals surface area (Å²) in [7, 11) is 0. The lowest BCUT2D eigenvalue weighted by Gasteiger charge is -2.42. The molecule has 0 bridgehead atoms. The van der Waals surface area contributed by atoms with Crippen LogP contribution in [0.3, 0.4) is 0 Å². The average molecular weight is 306 g/mol. The summed E-state index contributed by atoms with van der Waals surface area (Å²) in [5, 5.41) is 9.44. The lowest BCUT2D eigenvalue weighted by Crippen LogP contribution is -2.31. The van der Waals surface area contributed by atoms with Crippen molar-refractivity contribution in [2.45, 2.75) is 66.2 Å². The van der Waals surface area contributed by atoms with Crippen LogP contribution in [0.4, 0.5) is 0 Å². The van der Waals surface area contributed by atoms with Crippen LogP contribution in [0.1, 0.15) is 66.2 Å². The van der Waals surface area contributed by atoms with Crippen LogP contribution in [0.15, 0.2) is 24.3 Å². The fourth-order valence-electron chi connectivity index (χ4n) is 4.46. The van der Waals surface area contributed by atoms with E-state index in [4.69, 9.17) is 0 Å². The summed E-state index contributed by atoms with van der Waals surface area (Å²) in [6, 6.07) is 0. The maximum atomic E-state index is 10.9. The van der Waals surface area contributed by atoms with E-state index in [1.807, 2.05) is 6.08 Å². The van der Waals surface area contributed by atoms with Gasteiger partial charge < -0.3 is 5.11 Å². The number of carbonyl (C=O) groups is 1. The summed E-state index contributed by atoms with van der Waals surface area (Å²) < 4.78 is 0. The first-order valence-corrected chi connectivity index (χ1v) is 8.68. The van der Waals surface area contributed by atoms with E-state index in [1.54, 1.807) is 6.08 Å². The summed E-state index contributed by atoms with van der Waals surface area (Å²) >= 11 is 0. The molecule has 0 aromatic heterocycles. The maximum Gasteiger partial charge on any atom is 0.142 e. The molecule has 126 valence electrons. The van der Waals surface area contributed by atoms with Crippen molar-refractivity contribution >= 4 is 6.29 Å². The Morgan fingerprint density at radius 1 is 1.50 bits per heavy atom. The van der Waals surface area contributed by atoms with Crippen LogP contribution in [0, 0.1) is 22.7 Å². The van der Waals surface area contributed by atoms with E-state index >= 15 is 0 Å². The summed E-state index contributed by atoms with van der Waals surface area (Å²) in [6.45, 7) is 13.3. The Balaban J connectivity index is 2.83. The monoisotopic (exact) mass is 306 g/mol. The van der Waals surface area contributed by atoms with Gasteiger partial charge in [0.05, 0.1) is 0 Å². The average Bonchev–Trinajstić information content (AvgIpc) is 2.41. The van der Waals surface area contributed by atoms with Crippen molar-refractivity contribution in [3.63, 3.8) is 0 Å². The first kappa shape index (κ1) is 19.2. The van der Waals surface area contributed by atoms with Gasteiger partial charge in [0.15, 0.2) is 0 Å². The smallest absolute Gasteiger partial charge is 0.142 e. The van der Waals surface area contributed by atoms with Crippen LogP contribution in [0.2, 0.25) is 0 Å². The molecule has 0 amide bonds. The number of aldehydes is 1. The van der Waals surface area contributed by atoms with E-state index in [0.717, 1.165) is 44.8 Å². The minimum Gasteiger partial charge on any atom is -0.396 e. The van der Waals surface area contributed by atoms with E-state index in [0.29, 0.717) is 11.8 Å². The molecule has 1 aliphatic carbocycles. The highest BCUT2D eigenvalue weighted by Gasteiger charge is 2.37. The fourth-order valence-corrected chi connectivity index (χ4v) is 4.46. The van der Waals surface area contributed by atoms with Crippen LogP contribution in [0.5, 0.6) is 0 Å². The van der Waals surface area contributed by atoms with Gasteiger partial charge in [0, 0.05) is 12.0 Å². The Bertz CT molecular complexity index is 410. The molecule has 0 spiro atoms. The van der Waals surface area contributed by atoms with Gasteiger partial charge in [0.25, 0.3) is 0 Å². The molecule has 1 fully saturated rings. The fraction of sp³-hybridized carbons (Fsp3) is 0.750. The van der Waals surface area contributed by atoms with Crippen LogP contribution in [0.25, 0.3) is 0 Å². The zero-order valence-electron chi connectivity index (χ0n) is 14.9. The normalized spacial score (nSPS) is 30.3. The summed E-state index contributed by atoms with van der Waals surface area (Å²) in [5.74, 6) is 1.29. The first-order chi connectivity index (χ1) is 10.3. The summed E-state index contributed by atoms with van der Waals surface area (Å²) in [4.78, 5) is 10.9. The van der Waals surface area contributed by atoms with Crippen molar-refractivity contribution < 1.29 is 9.90 Å². The Labute approximate surface area is 136 Å². The van der Waals surface area contributed by atoms with Gasteiger partial charge in [-0.05, 0) is 61.9 Å². The third-order valence-corrected chi connectivity index (χ3v) is 5.39. The Kier molecular flexibility index (Phi) is 7.05. The number of aliphatic hydroxyl groups excluding tert-OH is 1. The minimum absolute atomic E-state index is 0.0538. The highest BCUT2D eigenvalue weighted by atomic mass is 16.3. The first-order valence-electron chi connectivity index (χ1n) is 8.68. The Morgan fingerprint density at radius 2 is 2.18 bits per heavy atom. The largest absolute Gasteiger partial charge is 0.396 e. The number of allylic oxidation sites excluding steroid dienone is 3. The highest BCUT2D eigenvalue weighted by molar-refractivity contribution is 5.67. The number of hydrogen-bond donors (Lipinski definition) is 1. The molecule has 1 aliphatic rings. The van der Waals surface area contributed by atoms with Crippen molar-refractivity contribution in [3.8, 4) is 0 Å². The van der Waals surface area contributed by atoms with Crippen molar-refractivity contribution in [3.05, 3.63) is 24.3 Å². The van der Waals surface area contributed by atoms with Gasteiger partial charge in [0.1, 0.15) is 6.29 Å². The third kappa shape index (κ3) is 5.08. The van der Waals surface area contributed by atoms with Gasteiger partial charge in [-0.1, -0.05) is 39.3 Å². The van der Waals surface area contributed by atoms with E-state index in [1.165, 1.54) is 5.57 Å². The SMILES string of the molecule is C=CC1(C)CC(CC(C)(CCO)CC(C)C)CC/C1=C/C=O. The summed E-state index contributed by atoms with van der Waals surface area (Å²) in [5.41, 5.74) is 1.38. The van der Waals surface area contributed by atoms with Crippen LogP contribution < -0.4 is 0 Å². The maximum absolute atomic E-state index is 10.9. The van der Waals surface area contributed by atoms with Gasteiger partial charge in [-0.3, -0.25) is 4.79 Å². The topological polar surface area (TPSA) is 37.3 Å². The minimum atomic E-state index is -0.0538. The second-order valence-corrected chi connectivity index (χ2v) is 8.14. The number of rotatable bonds is 8. The van der Waals surface area contributed by atoms with E-state index in [-0.39, 0.29) is 17.4 Å². The van der Waals surface area contributed by atoms with Gasteiger partial charge in [-0.25, -0.2) is 0 Å². The number of aliphatic hydroxyl groups is 1. The van der Waals surface area contributed by atoms with Crippen LogP contribution in [-0.2, 0) is 4.79 Å².